The molecule has 5 nitrogen and oxygen atoms in total. The van der Waals surface area contributed by atoms with Crippen molar-refractivity contribution in [3.8, 4) is 11.3 Å². The first-order chi connectivity index (χ1) is 16.5. The fourth-order valence-corrected chi connectivity index (χ4v) is 4.06. The number of carbonyl (C=O) groups is 2. The molecule has 1 N–H and O–H groups in total. The molecule has 0 aliphatic carbocycles. The van der Waals surface area contributed by atoms with Gasteiger partial charge in [-0.25, -0.2) is 4.79 Å². The van der Waals surface area contributed by atoms with Gasteiger partial charge in [0.1, 0.15) is 11.5 Å². The molecule has 3 aromatic carbocycles. The van der Waals surface area contributed by atoms with Crippen LogP contribution in [0.15, 0.2) is 112 Å². The molecule has 0 fully saturated rings. The van der Waals surface area contributed by atoms with Crippen LogP contribution in [-0.4, -0.2) is 17.0 Å². The predicted octanol–water partition coefficient (Wildman–Crippen LogP) is 6.88. The third-order valence-electron chi connectivity index (χ3n) is 5.48. The highest BCUT2D eigenvalue weighted by molar-refractivity contribution is 9.10. The number of halogens is 1. The van der Waals surface area contributed by atoms with Gasteiger partial charge >= 0.3 is 5.97 Å². The Bertz CT molecular complexity index is 1430. The van der Waals surface area contributed by atoms with Crippen LogP contribution in [0.25, 0.3) is 23.1 Å². The molecule has 1 aliphatic rings. The summed E-state index contributed by atoms with van der Waals surface area (Å²) in [5.41, 5.74) is 3.73. The second-order valence-corrected chi connectivity index (χ2v) is 8.61. The van der Waals surface area contributed by atoms with Gasteiger partial charge in [0.15, 0.2) is 0 Å². The summed E-state index contributed by atoms with van der Waals surface area (Å²) >= 11 is 3.43. The van der Waals surface area contributed by atoms with Gasteiger partial charge < -0.3 is 9.52 Å². The Morgan fingerprint density at radius 2 is 1.56 bits per heavy atom. The molecule has 0 unspecified atom stereocenters. The monoisotopic (exact) mass is 511 g/mol. The summed E-state index contributed by atoms with van der Waals surface area (Å²) in [6, 6.07) is 27.4. The molecule has 1 amide bonds. The summed E-state index contributed by atoms with van der Waals surface area (Å²) in [4.78, 5) is 26.3. The van der Waals surface area contributed by atoms with Gasteiger partial charge in [0.25, 0.3) is 5.91 Å². The van der Waals surface area contributed by atoms with E-state index < -0.39 is 5.97 Å². The van der Waals surface area contributed by atoms with Gasteiger partial charge in [0, 0.05) is 21.3 Å². The highest BCUT2D eigenvalue weighted by Gasteiger charge is 2.30. The number of benzene rings is 3. The molecular formula is C28H18BrNO4. The molecule has 0 spiro atoms. The SMILES string of the molecule is O=C(O)c1ccc(N2C(=O)/C(=C/c3ccc(-c4ccc(Br)cc4)o3)C=C2c2ccccc2)cc1. The number of rotatable bonds is 5. The number of anilines is 1. The van der Waals surface area contributed by atoms with Gasteiger partial charge in [-0.2, -0.15) is 0 Å². The molecule has 0 radical (unpaired) electrons. The molecule has 6 heteroatoms. The van der Waals surface area contributed by atoms with E-state index in [1.54, 1.807) is 23.1 Å². The van der Waals surface area contributed by atoms with E-state index >= 15 is 0 Å². The number of aromatic carboxylic acids is 1. The largest absolute Gasteiger partial charge is 0.478 e. The second kappa shape index (κ2) is 9.00. The molecule has 0 atom stereocenters. The number of nitrogens with zero attached hydrogens (tertiary/aromatic N) is 1. The van der Waals surface area contributed by atoms with Crippen molar-refractivity contribution in [3.63, 3.8) is 0 Å². The molecule has 34 heavy (non-hydrogen) atoms. The first-order valence-electron chi connectivity index (χ1n) is 10.5. The zero-order valence-electron chi connectivity index (χ0n) is 17.8. The van der Waals surface area contributed by atoms with Gasteiger partial charge in [-0.05, 0) is 66.2 Å². The van der Waals surface area contributed by atoms with Gasteiger partial charge in [0.2, 0.25) is 0 Å². The van der Waals surface area contributed by atoms with Gasteiger partial charge in [0.05, 0.1) is 11.3 Å². The maximum Gasteiger partial charge on any atom is 0.335 e. The zero-order chi connectivity index (χ0) is 23.7. The molecule has 0 saturated carbocycles. The topological polar surface area (TPSA) is 70.8 Å². The fourth-order valence-electron chi connectivity index (χ4n) is 3.80. The number of hydrogen-bond acceptors (Lipinski definition) is 3. The van der Waals surface area contributed by atoms with Crippen molar-refractivity contribution >= 4 is 45.3 Å². The zero-order valence-corrected chi connectivity index (χ0v) is 19.4. The highest BCUT2D eigenvalue weighted by Crippen LogP contribution is 2.36. The maximum absolute atomic E-state index is 13.5. The van der Waals surface area contributed by atoms with Crippen LogP contribution in [0, 0.1) is 0 Å². The predicted molar refractivity (Wildman–Crippen MR) is 135 cm³/mol. The van der Waals surface area contributed by atoms with Crippen molar-refractivity contribution in [1.82, 2.24) is 0 Å². The Morgan fingerprint density at radius 3 is 2.24 bits per heavy atom. The summed E-state index contributed by atoms with van der Waals surface area (Å²) < 4.78 is 6.97. The molecule has 1 aliphatic heterocycles. The van der Waals surface area contributed by atoms with Crippen molar-refractivity contribution in [2.24, 2.45) is 0 Å². The highest BCUT2D eigenvalue weighted by atomic mass is 79.9. The summed E-state index contributed by atoms with van der Waals surface area (Å²) in [7, 11) is 0. The smallest absolute Gasteiger partial charge is 0.335 e. The average Bonchev–Trinajstić information content (AvgIpc) is 3.45. The number of carbonyl (C=O) groups excluding carboxylic acids is 1. The summed E-state index contributed by atoms with van der Waals surface area (Å²) in [5, 5.41) is 9.21. The van der Waals surface area contributed by atoms with Crippen LogP contribution in [0.4, 0.5) is 5.69 Å². The van der Waals surface area contributed by atoms with Crippen LogP contribution < -0.4 is 4.90 Å². The maximum atomic E-state index is 13.5. The molecule has 5 rings (SSSR count). The number of carboxylic acid groups (broad SMARTS) is 1. The van der Waals surface area contributed by atoms with Crippen molar-refractivity contribution < 1.29 is 19.1 Å². The van der Waals surface area contributed by atoms with Crippen LogP contribution in [0.1, 0.15) is 21.7 Å². The molecule has 2 heterocycles. The van der Waals surface area contributed by atoms with E-state index in [9.17, 15) is 14.7 Å². The van der Waals surface area contributed by atoms with Crippen LogP contribution in [-0.2, 0) is 4.79 Å². The molecule has 1 aromatic heterocycles. The summed E-state index contributed by atoms with van der Waals surface area (Å²) in [5.74, 6) is 0.0350. The van der Waals surface area contributed by atoms with Crippen LogP contribution in [0.5, 0.6) is 0 Å². The minimum atomic E-state index is -1.02. The molecule has 4 aromatic rings. The lowest BCUT2D eigenvalue weighted by molar-refractivity contribution is -0.113. The van der Waals surface area contributed by atoms with E-state index in [1.807, 2.05) is 72.8 Å². The third kappa shape index (κ3) is 4.23. The van der Waals surface area contributed by atoms with Crippen molar-refractivity contribution in [2.75, 3.05) is 4.90 Å². The summed E-state index contributed by atoms with van der Waals surface area (Å²) in [6.07, 6.45) is 3.55. The lowest BCUT2D eigenvalue weighted by atomic mass is 10.1. The number of hydrogen-bond donors (Lipinski definition) is 1. The van der Waals surface area contributed by atoms with E-state index in [2.05, 4.69) is 15.9 Å². The standard InChI is InChI=1S/C28H18BrNO4/c29-22-10-6-19(7-11-22)26-15-14-24(34-26)16-21-17-25(18-4-2-1-3-5-18)30(27(21)31)23-12-8-20(9-13-23)28(32)33/h1-17H,(H,32,33)/b21-16+. The normalized spacial score (nSPS) is 14.5. The van der Waals surface area contributed by atoms with Crippen molar-refractivity contribution in [3.05, 3.63) is 124 Å². The Hall–Kier alpha value is -4.16. The van der Waals surface area contributed by atoms with E-state index in [0.717, 1.165) is 15.6 Å². The van der Waals surface area contributed by atoms with Crippen molar-refractivity contribution in [2.45, 2.75) is 0 Å². The number of furan rings is 1. The lowest BCUT2D eigenvalue weighted by Gasteiger charge is -2.21. The Kier molecular flexibility index (Phi) is 5.74. The van der Waals surface area contributed by atoms with Gasteiger partial charge in [-0.3, -0.25) is 9.69 Å². The van der Waals surface area contributed by atoms with Crippen molar-refractivity contribution in [1.29, 1.82) is 0 Å². The van der Waals surface area contributed by atoms with Crippen LogP contribution in [0.3, 0.4) is 0 Å². The first kappa shape index (κ1) is 21.7. The summed E-state index contributed by atoms with van der Waals surface area (Å²) in [6.45, 7) is 0. The van der Waals surface area contributed by atoms with E-state index in [1.165, 1.54) is 12.1 Å². The van der Waals surface area contributed by atoms with Crippen LogP contribution >= 0.6 is 15.9 Å². The first-order valence-corrected chi connectivity index (χ1v) is 11.3. The quantitative estimate of drug-likeness (QED) is 0.296. The molecule has 0 bridgehead atoms. The van der Waals surface area contributed by atoms with E-state index in [4.69, 9.17) is 4.42 Å². The second-order valence-electron chi connectivity index (χ2n) is 7.70. The van der Waals surface area contributed by atoms with E-state index in [-0.39, 0.29) is 11.5 Å². The number of amides is 1. The Labute approximate surface area is 204 Å². The van der Waals surface area contributed by atoms with Gasteiger partial charge in [-0.1, -0.05) is 58.4 Å². The van der Waals surface area contributed by atoms with Gasteiger partial charge in [-0.15, -0.1) is 0 Å². The third-order valence-corrected chi connectivity index (χ3v) is 6.01. The molecule has 166 valence electrons. The number of carboxylic acids is 1. The minimum absolute atomic E-state index is 0.160. The lowest BCUT2D eigenvalue weighted by Crippen LogP contribution is -2.25. The minimum Gasteiger partial charge on any atom is -0.478 e. The molecule has 0 saturated heterocycles. The van der Waals surface area contributed by atoms with Crippen LogP contribution in [0.2, 0.25) is 0 Å². The fraction of sp³-hybridized carbons (Fsp3) is 0. The Morgan fingerprint density at radius 1 is 0.853 bits per heavy atom. The van der Waals surface area contributed by atoms with E-state index in [0.29, 0.717) is 28.5 Å². The Balaban J connectivity index is 1.52. The molecular weight excluding hydrogens is 494 g/mol. The average molecular weight is 512 g/mol.